The maximum atomic E-state index is 7.08. The van der Waals surface area contributed by atoms with Crippen LogP contribution in [0.1, 0.15) is 5.56 Å². The lowest BCUT2D eigenvalue weighted by Crippen LogP contribution is -1.96. The number of ether oxygens (including phenoxy) is 1. The summed E-state index contributed by atoms with van der Waals surface area (Å²) in [6.45, 7) is 7.51. The van der Waals surface area contributed by atoms with Crippen LogP contribution in [0.3, 0.4) is 0 Å². The van der Waals surface area contributed by atoms with Gasteiger partial charge in [0.15, 0.2) is 5.69 Å². The number of para-hydroxylation sites is 2. The normalized spacial score (nSPS) is 9.65. The van der Waals surface area contributed by atoms with E-state index in [-0.39, 0.29) is 0 Å². The molecule has 0 aliphatic heterocycles. The van der Waals surface area contributed by atoms with Crippen molar-refractivity contribution in [3.8, 4) is 5.75 Å². The van der Waals surface area contributed by atoms with Gasteiger partial charge >= 0.3 is 0 Å². The molecule has 0 N–H and O–H groups in total. The van der Waals surface area contributed by atoms with Gasteiger partial charge in [0.25, 0.3) is 0 Å². The van der Waals surface area contributed by atoms with Gasteiger partial charge < -0.3 is 4.74 Å². The second kappa shape index (κ2) is 5.69. The van der Waals surface area contributed by atoms with Gasteiger partial charge in [-0.1, -0.05) is 36.4 Å². The van der Waals surface area contributed by atoms with E-state index in [9.17, 15) is 0 Å². The Bertz CT molecular complexity index is 560. The minimum atomic E-state index is 0.429. The third kappa shape index (κ3) is 2.98. The van der Waals surface area contributed by atoms with Crippen molar-refractivity contribution >= 4 is 28.3 Å². The summed E-state index contributed by atoms with van der Waals surface area (Å²) in [6, 6.07) is 15.4. The molecular weight excluding hydrogens is 325 g/mol. The third-order valence-electron chi connectivity index (χ3n) is 2.33. The summed E-state index contributed by atoms with van der Waals surface area (Å²) in [4.78, 5) is 3.47. The zero-order chi connectivity index (χ0) is 12.1. The van der Waals surface area contributed by atoms with Crippen molar-refractivity contribution in [3.05, 3.63) is 69.1 Å². The van der Waals surface area contributed by atoms with E-state index in [0.29, 0.717) is 12.3 Å². The van der Waals surface area contributed by atoms with Crippen LogP contribution in [0.25, 0.3) is 4.85 Å². The zero-order valence-corrected chi connectivity index (χ0v) is 11.2. The molecule has 2 aromatic carbocycles. The number of nitrogens with zero attached hydrogens (tertiary/aromatic N) is 1. The average Bonchev–Trinajstić information content (AvgIpc) is 2.38. The Morgan fingerprint density at radius 1 is 1.06 bits per heavy atom. The Morgan fingerprint density at radius 2 is 1.76 bits per heavy atom. The Hall–Kier alpha value is -1.54. The SMILES string of the molecule is [C-]#[N+]c1ccccc1COc1ccccc1I. The number of halogens is 1. The lowest BCUT2D eigenvalue weighted by Gasteiger charge is -2.09. The van der Waals surface area contributed by atoms with Crippen LogP contribution in [0, 0.1) is 10.1 Å². The van der Waals surface area contributed by atoms with E-state index in [0.717, 1.165) is 14.9 Å². The fourth-order valence-corrected chi connectivity index (χ4v) is 2.00. The molecular formula is C14H10INO. The number of benzene rings is 2. The van der Waals surface area contributed by atoms with E-state index >= 15 is 0 Å². The maximum Gasteiger partial charge on any atom is 0.193 e. The van der Waals surface area contributed by atoms with Crippen LogP contribution in [0.15, 0.2) is 48.5 Å². The molecule has 0 aromatic heterocycles. The molecule has 0 saturated heterocycles. The molecule has 0 radical (unpaired) electrons. The second-order valence-electron chi connectivity index (χ2n) is 3.46. The highest BCUT2D eigenvalue weighted by Crippen LogP contribution is 2.24. The van der Waals surface area contributed by atoms with Gasteiger partial charge in [0.1, 0.15) is 12.4 Å². The lowest BCUT2D eigenvalue weighted by molar-refractivity contribution is 0.305. The minimum absolute atomic E-state index is 0.429. The summed E-state index contributed by atoms with van der Waals surface area (Å²) >= 11 is 2.24. The summed E-state index contributed by atoms with van der Waals surface area (Å²) < 4.78 is 6.79. The van der Waals surface area contributed by atoms with Crippen molar-refractivity contribution in [2.75, 3.05) is 0 Å². The number of rotatable bonds is 3. The van der Waals surface area contributed by atoms with Crippen LogP contribution in [0.4, 0.5) is 5.69 Å². The summed E-state index contributed by atoms with van der Waals surface area (Å²) in [6.07, 6.45) is 0. The van der Waals surface area contributed by atoms with Crippen LogP contribution in [0.2, 0.25) is 0 Å². The van der Waals surface area contributed by atoms with Crippen molar-refractivity contribution in [1.29, 1.82) is 0 Å². The predicted molar refractivity (Wildman–Crippen MR) is 76.2 cm³/mol. The predicted octanol–water partition coefficient (Wildman–Crippen LogP) is 4.42. The van der Waals surface area contributed by atoms with Crippen LogP contribution < -0.4 is 4.74 Å². The number of hydrogen-bond donors (Lipinski definition) is 0. The van der Waals surface area contributed by atoms with E-state index < -0.39 is 0 Å². The van der Waals surface area contributed by atoms with E-state index in [2.05, 4.69) is 27.4 Å². The minimum Gasteiger partial charge on any atom is -0.489 e. The molecule has 0 saturated carbocycles. The molecule has 2 rings (SSSR count). The van der Waals surface area contributed by atoms with Gasteiger partial charge in [0.2, 0.25) is 0 Å². The van der Waals surface area contributed by atoms with Crippen molar-refractivity contribution in [1.82, 2.24) is 0 Å². The molecule has 0 bridgehead atoms. The molecule has 0 aliphatic rings. The van der Waals surface area contributed by atoms with Gasteiger partial charge in [-0.2, -0.15) is 0 Å². The summed E-state index contributed by atoms with van der Waals surface area (Å²) in [5.41, 5.74) is 1.57. The second-order valence-corrected chi connectivity index (χ2v) is 4.62. The van der Waals surface area contributed by atoms with Crippen LogP contribution in [0.5, 0.6) is 5.75 Å². The first-order valence-electron chi connectivity index (χ1n) is 5.14. The Morgan fingerprint density at radius 3 is 2.53 bits per heavy atom. The fraction of sp³-hybridized carbons (Fsp3) is 0.0714. The van der Waals surface area contributed by atoms with Gasteiger partial charge in [-0.05, 0) is 40.3 Å². The summed E-state index contributed by atoms with van der Waals surface area (Å²) in [5, 5.41) is 0. The van der Waals surface area contributed by atoms with Crippen molar-refractivity contribution in [2.24, 2.45) is 0 Å². The van der Waals surface area contributed by atoms with E-state index in [1.54, 1.807) is 0 Å². The molecule has 0 atom stereocenters. The quantitative estimate of drug-likeness (QED) is 0.598. The Kier molecular flexibility index (Phi) is 3.99. The maximum absolute atomic E-state index is 7.08. The van der Waals surface area contributed by atoms with Crippen LogP contribution in [-0.4, -0.2) is 0 Å². The van der Waals surface area contributed by atoms with E-state index in [4.69, 9.17) is 11.3 Å². The Balaban J connectivity index is 2.13. The first kappa shape index (κ1) is 11.9. The van der Waals surface area contributed by atoms with Crippen LogP contribution >= 0.6 is 22.6 Å². The topological polar surface area (TPSA) is 13.6 Å². The molecule has 0 aliphatic carbocycles. The van der Waals surface area contributed by atoms with Gasteiger partial charge in [-0.15, -0.1) is 0 Å². The highest BCUT2D eigenvalue weighted by atomic mass is 127. The monoisotopic (exact) mass is 335 g/mol. The lowest BCUT2D eigenvalue weighted by atomic mass is 10.2. The highest BCUT2D eigenvalue weighted by molar-refractivity contribution is 14.1. The first-order valence-corrected chi connectivity index (χ1v) is 6.22. The molecule has 0 amide bonds. The molecule has 0 spiro atoms. The molecule has 0 fully saturated rings. The van der Waals surface area contributed by atoms with Gasteiger partial charge in [0.05, 0.1) is 10.1 Å². The first-order chi connectivity index (χ1) is 8.31. The third-order valence-corrected chi connectivity index (χ3v) is 3.22. The Labute approximate surface area is 114 Å². The molecule has 3 heteroatoms. The molecule has 0 heterocycles. The average molecular weight is 335 g/mol. The zero-order valence-electron chi connectivity index (χ0n) is 9.06. The van der Waals surface area contributed by atoms with Gasteiger partial charge in [0, 0.05) is 0 Å². The molecule has 2 aromatic rings. The van der Waals surface area contributed by atoms with E-state index in [1.807, 2.05) is 48.5 Å². The highest BCUT2D eigenvalue weighted by Gasteiger charge is 2.03. The summed E-state index contributed by atoms with van der Waals surface area (Å²) in [5.74, 6) is 0.855. The molecule has 2 nitrogen and oxygen atoms in total. The van der Waals surface area contributed by atoms with Crippen molar-refractivity contribution < 1.29 is 4.74 Å². The fourth-order valence-electron chi connectivity index (χ4n) is 1.46. The smallest absolute Gasteiger partial charge is 0.193 e. The molecule has 17 heavy (non-hydrogen) atoms. The summed E-state index contributed by atoms with van der Waals surface area (Å²) in [7, 11) is 0. The number of hydrogen-bond acceptors (Lipinski definition) is 1. The van der Waals surface area contributed by atoms with Crippen LogP contribution in [-0.2, 0) is 6.61 Å². The largest absolute Gasteiger partial charge is 0.489 e. The standard InChI is InChI=1S/C14H10INO/c1-16-13-8-4-2-6-11(13)10-17-14-9-5-3-7-12(14)15/h2-9H,10H2. The van der Waals surface area contributed by atoms with E-state index in [1.165, 1.54) is 0 Å². The molecule has 84 valence electrons. The van der Waals surface area contributed by atoms with Gasteiger partial charge in [-0.3, -0.25) is 0 Å². The van der Waals surface area contributed by atoms with Crippen molar-refractivity contribution in [3.63, 3.8) is 0 Å². The van der Waals surface area contributed by atoms with Crippen molar-refractivity contribution in [2.45, 2.75) is 6.61 Å². The van der Waals surface area contributed by atoms with Gasteiger partial charge in [-0.25, -0.2) is 4.85 Å². The molecule has 0 unspecified atom stereocenters.